The summed E-state index contributed by atoms with van der Waals surface area (Å²) in [4.78, 5) is 2.22. The van der Waals surface area contributed by atoms with E-state index in [-0.39, 0.29) is 0 Å². The van der Waals surface area contributed by atoms with Crippen LogP contribution in [0.2, 0.25) is 5.02 Å². The summed E-state index contributed by atoms with van der Waals surface area (Å²) >= 11 is 6.06. The molecule has 1 aliphatic heterocycles. The molecule has 4 heteroatoms. The Balaban J connectivity index is 2.07. The van der Waals surface area contributed by atoms with E-state index in [4.69, 9.17) is 16.3 Å². The zero-order chi connectivity index (χ0) is 13.0. The van der Waals surface area contributed by atoms with Crippen LogP contribution in [0.15, 0.2) is 18.2 Å². The summed E-state index contributed by atoms with van der Waals surface area (Å²) in [5.74, 6) is 0.873. The number of nitrogens with one attached hydrogen (secondary N) is 1. The normalized spacial score (nSPS) is 19.6. The average molecular weight is 269 g/mol. The first kappa shape index (κ1) is 13.5. The van der Waals surface area contributed by atoms with Crippen LogP contribution in [0.3, 0.4) is 0 Å². The Hall–Kier alpha value is -0.930. The SMILES string of the molecule is COc1ccc(Cl)cc1N(C)CC1CCCCN1. The lowest BCUT2D eigenvalue weighted by molar-refractivity contribution is 0.397. The third-order valence-corrected chi connectivity index (χ3v) is 3.69. The van der Waals surface area contributed by atoms with Crippen molar-refractivity contribution in [1.29, 1.82) is 0 Å². The zero-order valence-corrected chi connectivity index (χ0v) is 11.8. The number of hydrogen-bond donors (Lipinski definition) is 1. The summed E-state index contributed by atoms with van der Waals surface area (Å²) < 4.78 is 5.39. The van der Waals surface area contributed by atoms with Gasteiger partial charge in [0, 0.05) is 24.7 Å². The van der Waals surface area contributed by atoms with Gasteiger partial charge in [0.25, 0.3) is 0 Å². The summed E-state index contributed by atoms with van der Waals surface area (Å²) in [5, 5.41) is 4.30. The van der Waals surface area contributed by atoms with Crippen LogP contribution in [0.5, 0.6) is 5.75 Å². The number of ether oxygens (including phenoxy) is 1. The van der Waals surface area contributed by atoms with Gasteiger partial charge in [-0.05, 0) is 37.6 Å². The zero-order valence-electron chi connectivity index (χ0n) is 11.1. The summed E-state index contributed by atoms with van der Waals surface area (Å²) in [5.41, 5.74) is 1.05. The number of methoxy groups -OCH3 is 1. The third kappa shape index (κ3) is 3.30. The molecule has 0 amide bonds. The minimum Gasteiger partial charge on any atom is -0.495 e. The van der Waals surface area contributed by atoms with Crippen LogP contribution in [0.4, 0.5) is 5.69 Å². The fourth-order valence-electron chi connectivity index (χ4n) is 2.47. The number of anilines is 1. The van der Waals surface area contributed by atoms with Gasteiger partial charge in [0.15, 0.2) is 0 Å². The van der Waals surface area contributed by atoms with Crippen molar-refractivity contribution in [3.05, 3.63) is 23.2 Å². The molecule has 1 aliphatic rings. The molecule has 0 bridgehead atoms. The van der Waals surface area contributed by atoms with E-state index < -0.39 is 0 Å². The molecule has 0 saturated carbocycles. The lowest BCUT2D eigenvalue weighted by Gasteiger charge is -2.30. The Morgan fingerprint density at radius 1 is 1.44 bits per heavy atom. The van der Waals surface area contributed by atoms with Crippen molar-refractivity contribution in [2.45, 2.75) is 25.3 Å². The number of rotatable bonds is 4. The molecule has 3 nitrogen and oxygen atoms in total. The maximum atomic E-state index is 6.06. The van der Waals surface area contributed by atoms with Crippen molar-refractivity contribution in [2.24, 2.45) is 0 Å². The van der Waals surface area contributed by atoms with Gasteiger partial charge in [-0.2, -0.15) is 0 Å². The maximum absolute atomic E-state index is 6.06. The fraction of sp³-hybridized carbons (Fsp3) is 0.571. The monoisotopic (exact) mass is 268 g/mol. The van der Waals surface area contributed by atoms with Crippen molar-refractivity contribution in [1.82, 2.24) is 5.32 Å². The van der Waals surface area contributed by atoms with Gasteiger partial charge >= 0.3 is 0 Å². The Morgan fingerprint density at radius 2 is 2.28 bits per heavy atom. The molecule has 100 valence electrons. The van der Waals surface area contributed by atoms with E-state index in [0.29, 0.717) is 6.04 Å². The number of halogens is 1. The van der Waals surface area contributed by atoms with Gasteiger partial charge in [0.05, 0.1) is 12.8 Å². The van der Waals surface area contributed by atoms with E-state index in [9.17, 15) is 0 Å². The molecule has 1 unspecified atom stereocenters. The Morgan fingerprint density at radius 3 is 2.94 bits per heavy atom. The van der Waals surface area contributed by atoms with Gasteiger partial charge in [-0.25, -0.2) is 0 Å². The molecule has 1 N–H and O–H groups in total. The minimum absolute atomic E-state index is 0.562. The lowest BCUT2D eigenvalue weighted by atomic mass is 10.0. The molecule has 1 aromatic carbocycles. The first-order valence-electron chi connectivity index (χ1n) is 6.49. The van der Waals surface area contributed by atoms with Crippen molar-refractivity contribution in [3.8, 4) is 5.75 Å². The summed E-state index contributed by atoms with van der Waals surface area (Å²) in [6.45, 7) is 2.11. The molecule has 1 atom stereocenters. The van der Waals surface area contributed by atoms with Crippen LogP contribution < -0.4 is 15.0 Å². The van der Waals surface area contributed by atoms with Crippen molar-refractivity contribution >= 4 is 17.3 Å². The minimum atomic E-state index is 0.562. The van der Waals surface area contributed by atoms with Crippen LogP contribution >= 0.6 is 11.6 Å². The van der Waals surface area contributed by atoms with Crippen LogP contribution in [0, 0.1) is 0 Å². The molecule has 2 rings (SSSR count). The molecule has 18 heavy (non-hydrogen) atoms. The Kier molecular flexibility index (Phi) is 4.72. The van der Waals surface area contributed by atoms with Gasteiger partial charge in [-0.1, -0.05) is 18.0 Å². The first-order valence-corrected chi connectivity index (χ1v) is 6.86. The number of nitrogens with zero attached hydrogens (tertiary/aromatic N) is 1. The second-order valence-electron chi connectivity index (χ2n) is 4.84. The predicted octanol–water partition coefficient (Wildman–Crippen LogP) is 2.93. The summed E-state index contributed by atoms with van der Waals surface area (Å²) in [6.07, 6.45) is 3.85. The highest BCUT2D eigenvalue weighted by Crippen LogP contribution is 2.30. The number of hydrogen-bond acceptors (Lipinski definition) is 3. The third-order valence-electron chi connectivity index (χ3n) is 3.46. The molecule has 1 heterocycles. The second kappa shape index (κ2) is 6.30. The largest absolute Gasteiger partial charge is 0.495 e. The number of piperidine rings is 1. The Labute approximate surface area is 114 Å². The van der Waals surface area contributed by atoms with E-state index >= 15 is 0 Å². The molecule has 1 fully saturated rings. The lowest BCUT2D eigenvalue weighted by Crippen LogP contribution is -2.42. The smallest absolute Gasteiger partial charge is 0.142 e. The van der Waals surface area contributed by atoms with Gasteiger partial charge in [-0.15, -0.1) is 0 Å². The van der Waals surface area contributed by atoms with Crippen molar-refractivity contribution in [3.63, 3.8) is 0 Å². The van der Waals surface area contributed by atoms with Crippen molar-refractivity contribution < 1.29 is 4.74 Å². The quantitative estimate of drug-likeness (QED) is 0.909. The van der Waals surface area contributed by atoms with Crippen LogP contribution in [0.25, 0.3) is 0 Å². The molecule has 0 aromatic heterocycles. The topological polar surface area (TPSA) is 24.5 Å². The first-order chi connectivity index (χ1) is 8.70. The van der Waals surface area contributed by atoms with Crippen LogP contribution in [-0.2, 0) is 0 Å². The van der Waals surface area contributed by atoms with E-state index in [0.717, 1.165) is 29.5 Å². The molecule has 0 spiro atoms. The molecular weight excluding hydrogens is 248 g/mol. The molecule has 0 radical (unpaired) electrons. The summed E-state index contributed by atoms with van der Waals surface area (Å²) in [6, 6.07) is 6.30. The molecule has 1 saturated heterocycles. The molecular formula is C14H21ClN2O. The predicted molar refractivity (Wildman–Crippen MR) is 76.9 cm³/mol. The van der Waals surface area contributed by atoms with Gasteiger partial charge < -0.3 is 15.0 Å². The number of likely N-dealkylation sites (N-methyl/N-ethyl adjacent to an activating group) is 1. The van der Waals surface area contributed by atoms with Crippen LogP contribution in [0.1, 0.15) is 19.3 Å². The van der Waals surface area contributed by atoms with E-state index in [1.807, 2.05) is 18.2 Å². The van der Waals surface area contributed by atoms with E-state index in [2.05, 4.69) is 17.3 Å². The standard InChI is InChI=1S/C14H21ClN2O/c1-17(10-12-5-3-4-8-16-12)13-9-11(15)6-7-14(13)18-2/h6-7,9,12,16H,3-5,8,10H2,1-2H3. The highest BCUT2D eigenvalue weighted by molar-refractivity contribution is 6.30. The fourth-order valence-corrected chi connectivity index (χ4v) is 2.64. The molecule has 0 aliphatic carbocycles. The number of benzene rings is 1. The van der Waals surface area contributed by atoms with Gasteiger partial charge in [-0.3, -0.25) is 0 Å². The van der Waals surface area contributed by atoms with Gasteiger partial charge in [0.2, 0.25) is 0 Å². The second-order valence-corrected chi connectivity index (χ2v) is 5.28. The van der Waals surface area contributed by atoms with Crippen LogP contribution in [-0.4, -0.2) is 33.3 Å². The maximum Gasteiger partial charge on any atom is 0.142 e. The van der Waals surface area contributed by atoms with Gasteiger partial charge in [0.1, 0.15) is 5.75 Å². The summed E-state index contributed by atoms with van der Waals surface area (Å²) in [7, 11) is 3.78. The highest BCUT2D eigenvalue weighted by Gasteiger charge is 2.16. The Bertz CT molecular complexity index is 391. The van der Waals surface area contributed by atoms with Crippen molar-refractivity contribution in [2.75, 3.05) is 32.1 Å². The molecule has 1 aromatic rings. The van der Waals surface area contributed by atoms with E-state index in [1.165, 1.54) is 19.3 Å². The average Bonchev–Trinajstić information content (AvgIpc) is 2.40. The van der Waals surface area contributed by atoms with E-state index in [1.54, 1.807) is 7.11 Å². The highest BCUT2D eigenvalue weighted by atomic mass is 35.5.